The summed E-state index contributed by atoms with van der Waals surface area (Å²) in [6.45, 7) is 8.07. The number of ketones is 1. The zero-order valence-electron chi connectivity index (χ0n) is 21.1. The van der Waals surface area contributed by atoms with Crippen LogP contribution in [0.15, 0.2) is 36.4 Å². The summed E-state index contributed by atoms with van der Waals surface area (Å²) in [5.41, 5.74) is 0.784. The van der Waals surface area contributed by atoms with Crippen LogP contribution in [0.4, 0.5) is 0 Å². The molecule has 0 heterocycles. The lowest BCUT2D eigenvalue weighted by Crippen LogP contribution is -2.55. The second-order valence-electron chi connectivity index (χ2n) is 11.6. The van der Waals surface area contributed by atoms with Crippen LogP contribution in [0, 0.1) is 22.7 Å². The van der Waals surface area contributed by atoms with Crippen LogP contribution in [0.3, 0.4) is 0 Å². The van der Waals surface area contributed by atoms with Crippen molar-refractivity contribution in [2.24, 2.45) is 22.7 Å². The second kappa shape index (κ2) is 9.16. The molecule has 4 atom stereocenters. The average Bonchev–Trinajstić information content (AvgIpc) is 3.17. The van der Waals surface area contributed by atoms with Gasteiger partial charge in [-0.1, -0.05) is 69.5 Å². The number of hydrogen-bond donors (Lipinski definition) is 3. The zero-order valence-corrected chi connectivity index (χ0v) is 21.1. The molecule has 0 aromatic heterocycles. The van der Waals surface area contributed by atoms with Gasteiger partial charge in [-0.05, 0) is 55.6 Å². The van der Waals surface area contributed by atoms with Gasteiger partial charge in [0.15, 0.2) is 5.79 Å². The van der Waals surface area contributed by atoms with Crippen LogP contribution in [-0.2, 0) is 22.4 Å². The molecule has 0 unspecified atom stereocenters. The summed E-state index contributed by atoms with van der Waals surface area (Å²) < 4.78 is 5.66. The van der Waals surface area contributed by atoms with Crippen molar-refractivity contribution in [3.05, 3.63) is 47.5 Å². The number of hydrogen-bond acceptors (Lipinski definition) is 5. The number of carbonyl (C=O) groups is 1. The lowest BCUT2D eigenvalue weighted by molar-refractivity contribution is -0.253. The number of ether oxygens (including phenoxy) is 1. The molecule has 1 aromatic rings. The molecule has 0 spiro atoms. The molecule has 3 fully saturated rings. The normalized spacial score (nSPS) is 33.9. The summed E-state index contributed by atoms with van der Waals surface area (Å²) >= 11 is 0. The Morgan fingerprint density at radius 2 is 1.76 bits per heavy atom. The molecule has 2 bridgehead atoms. The summed E-state index contributed by atoms with van der Waals surface area (Å²) in [4.78, 5) is 13.9. The number of carbonyl (C=O) groups excluding carboxylic acids is 1. The maximum Gasteiger partial charge on any atom is 0.185 e. The van der Waals surface area contributed by atoms with Gasteiger partial charge in [0.2, 0.25) is 0 Å². The summed E-state index contributed by atoms with van der Waals surface area (Å²) in [6, 6.07) is 8.31. The van der Waals surface area contributed by atoms with Crippen LogP contribution in [0.25, 0.3) is 0 Å². The van der Waals surface area contributed by atoms with Crippen molar-refractivity contribution in [3.63, 3.8) is 0 Å². The summed E-state index contributed by atoms with van der Waals surface area (Å²) in [5, 5.41) is 32.5. The van der Waals surface area contributed by atoms with Crippen LogP contribution in [0.2, 0.25) is 0 Å². The van der Waals surface area contributed by atoms with Crippen LogP contribution >= 0.6 is 0 Å². The first-order chi connectivity index (χ1) is 16.0. The number of Topliss-reactive ketones (excluding diaryl/α,β-unsaturated/α-hetero) is 1. The highest BCUT2D eigenvalue weighted by Crippen LogP contribution is 2.73. The van der Waals surface area contributed by atoms with Gasteiger partial charge in [0, 0.05) is 31.5 Å². The molecule has 5 nitrogen and oxygen atoms in total. The summed E-state index contributed by atoms with van der Waals surface area (Å²) in [7, 11) is 1.45. The standard InChI is InChI=1S/C29H42O5/c1-20-25-23(19-30)18-28(26(20,2)3,29(25,33)34-4)24(31)12-11-21-9-8-10-22(17-21)13-16-27(32)14-6-5-7-15-27/h8-10,17,23,25,30,32-33H,1,5-7,11-16,18-19H2,2-4H3/t23-,25-,28-,29+/m1/s1. The van der Waals surface area contributed by atoms with Crippen LogP contribution in [0.1, 0.15) is 76.3 Å². The van der Waals surface area contributed by atoms with E-state index in [2.05, 4.69) is 18.7 Å². The number of aliphatic hydroxyl groups excluding tert-OH is 1. The monoisotopic (exact) mass is 470 g/mol. The topological polar surface area (TPSA) is 87.0 Å². The maximum absolute atomic E-state index is 13.9. The van der Waals surface area contributed by atoms with E-state index in [9.17, 15) is 20.1 Å². The van der Waals surface area contributed by atoms with Crippen molar-refractivity contribution in [3.8, 4) is 0 Å². The van der Waals surface area contributed by atoms with Gasteiger partial charge in [-0.25, -0.2) is 0 Å². The number of aliphatic hydroxyl groups is 3. The largest absolute Gasteiger partial charge is 0.396 e. The number of benzene rings is 1. The van der Waals surface area contributed by atoms with E-state index in [0.717, 1.165) is 49.7 Å². The lowest BCUT2D eigenvalue weighted by Gasteiger charge is -2.46. The van der Waals surface area contributed by atoms with Gasteiger partial charge < -0.3 is 20.1 Å². The van der Waals surface area contributed by atoms with Crippen LogP contribution in [-0.4, -0.2) is 46.2 Å². The fourth-order valence-electron chi connectivity index (χ4n) is 7.51. The molecule has 0 aliphatic heterocycles. The number of fused-ring (bicyclic) bond motifs is 2. The molecule has 0 saturated heterocycles. The first-order valence-corrected chi connectivity index (χ1v) is 13.0. The average molecular weight is 471 g/mol. The quantitative estimate of drug-likeness (QED) is 0.369. The third-order valence-electron chi connectivity index (χ3n) is 9.64. The fraction of sp³-hybridized carbons (Fsp3) is 0.690. The van der Waals surface area contributed by atoms with E-state index in [-0.39, 0.29) is 18.3 Å². The van der Waals surface area contributed by atoms with Crippen molar-refractivity contribution in [2.45, 2.75) is 89.4 Å². The van der Waals surface area contributed by atoms with Crippen LogP contribution < -0.4 is 0 Å². The van der Waals surface area contributed by atoms with Crippen LogP contribution in [0.5, 0.6) is 0 Å². The van der Waals surface area contributed by atoms with Crippen molar-refractivity contribution >= 4 is 5.78 Å². The predicted octanol–water partition coefficient (Wildman–Crippen LogP) is 4.36. The molecule has 4 rings (SSSR count). The fourth-order valence-corrected chi connectivity index (χ4v) is 7.51. The third kappa shape index (κ3) is 3.80. The molecule has 188 valence electrons. The molecule has 0 amide bonds. The van der Waals surface area contributed by atoms with E-state index in [1.165, 1.54) is 19.1 Å². The Kier molecular flexibility index (Phi) is 6.89. The second-order valence-corrected chi connectivity index (χ2v) is 11.6. The van der Waals surface area contributed by atoms with Gasteiger partial charge in [0.05, 0.1) is 11.0 Å². The van der Waals surface area contributed by atoms with Gasteiger partial charge in [0.25, 0.3) is 0 Å². The molecular weight excluding hydrogens is 428 g/mol. The number of aryl methyl sites for hydroxylation is 2. The minimum atomic E-state index is -1.64. The van der Waals surface area contributed by atoms with Gasteiger partial charge in [-0.2, -0.15) is 0 Å². The Morgan fingerprint density at radius 1 is 1.12 bits per heavy atom. The Labute approximate surface area is 204 Å². The Morgan fingerprint density at radius 3 is 2.38 bits per heavy atom. The van der Waals surface area contributed by atoms with Crippen molar-refractivity contribution in [1.29, 1.82) is 0 Å². The van der Waals surface area contributed by atoms with Crippen molar-refractivity contribution < 1.29 is 24.9 Å². The maximum atomic E-state index is 13.9. The summed E-state index contributed by atoms with van der Waals surface area (Å²) in [6.07, 6.45) is 8.10. The molecule has 34 heavy (non-hydrogen) atoms. The van der Waals surface area contributed by atoms with Gasteiger partial charge in [-0.3, -0.25) is 4.79 Å². The molecule has 3 aliphatic carbocycles. The zero-order chi connectivity index (χ0) is 24.8. The van der Waals surface area contributed by atoms with Gasteiger partial charge >= 0.3 is 0 Å². The molecule has 0 radical (unpaired) electrons. The van der Waals surface area contributed by atoms with E-state index in [1.807, 2.05) is 26.0 Å². The minimum absolute atomic E-state index is 0.0247. The third-order valence-corrected chi connectivity index (χ3v) is 9.64. The van der Waals surface area contributed by atoms with E-state index >= 15 is 0 Å². The van der Waals surface area contributed by atoms with Crippen molar-refractivity contribution in [2.75, 3.05) is 13.7 Å². The highest BCUT2D eigenvalue weighted by molar-refractivity contribution is 5.89. The minimum Gasteiger partial charge on any atom is -0.396 e. The molecule has 5 heteroatoms. The molecule has 1 aromatic carbocycles. The molecular formula is C29H42O5. The Balaban J connectivity index is 1.48. The SMILES string of the molecule is C=C1[C@@H]2[C@@H](CO)C[C@@](C(=O)CCc3cccc(CCC4(O)CCCCC4)c3)(C1(C)C)[C@@]2(O)OC. The Bertz CT molecular complexity index is 930. The van der Waals surface area contributed by atoms with Crippen molar-refractivity contribution in [1.82, 2.24) is 0 Å². The van der Waals surface area contributed by atoms with E-state index in [4.69, 9.17) is 4.74 Å². The Hall–Kier alpha value is -1.53. The van der Waals surface area contributed by atoms with Gasteiger partial charge in [-0.15, -0.1) is 0 Å². The summed E-state index contributed by atoms with van der Waals surface area (Å²) in [5.74, 6) is -2.35. The first kappa shape index (κ1) is 25.6. The predicted molar refractivity (Wildman–Crippen MR) is 132 cm³/mol. The van der Waals surface area contributed by atoms with E-state index < -0.39 is 28.1 Å². The molecule has 3 saturated carbocycles. The number of rotatable bonds is 9. The first-order valence-electron chi connectivity index (χ1n) is 13.0. The lowest BCUT2D eigenvalue weighted by atomic mass is 9.58. The molecule has 3 N–H and O–H groups in total. The van der Waals surface area contributed by atoms with Gasteiger partial charge in [0.1, 0.15) is 5.78 Å². The van der Waals surface area contributed by atoms with E-state index in [0.29, 0.717) is 19.3 Å². The smallest absolute Gasteiger partial charge is 0.185 e. The molecule has 3 aliphatic rings. The highest BCUT2D eigenvalue weighted by atomic mass is 16.6. The van der Waals surface area contributed by atoms with E-state index in [1.54, 1.807) is 0 Å². The highest BCUT2D eigenvalue weighted by Gasteiger charge is 2.79. The number of methoxy groups -OCH3 is 1.